The van der Waals surface area contributed by atoms with Crippen LogP contribution < -0.4 is 16.4 Å². The number of aliphatic hydroxyl groups is 2. The van der Waals surface area contributed by atoms with E-state index in [-0.39, 0.29) is 23.3 Å². The Hall–Kier alpha value is -3.32. The smallest absolute Gasteiger partial charge is 0.319 e. The van der Waals surface area contributed by atoms with Crippen molar-refractivity contribution in [1.82, 2.24) is 29.7 Å². The molecule has 12 heteroatoms. The van der Waals surface area contributed by atoms with Crippen LogP contribution in [-0.2, 0) is 10.2 Å². The lowest BCUT2D eigenvalue weighted by Gasteiger charge is -2.25. The van der Waals surface area contributed by atoms with Crippen LogP contribution in [0, 0.1) is 0 Å². The Morgan fingerprint density at radius 3 is 2.56 bits per heavy atom. The molecule has 6 N–H and O–H groups in total. The third kappa shape index (κ3) is 6.64. The summed E-state index contributed by atoms with van der Waals surface area (Å²) >= 11 is 0. The lowest BCUT2D eigenvalue weighted by molar-refractivity contribution is -0.0423. The standard InChI is InChI=1S/C27H40N8O4/c1-6-17(32-26(38)33-18-9-7-16(8-10-18)27(2,3)4)11-12-34(5)13-19-21(36)22(37)25(39-19)35-15-31-20-23(28)29-14-30-24(20)35/h7-10,14-15,17,19,21-22,25,36-37H,6,11-13H2,1-5H3,(H2,28,29,30)(H2,32,33,38)/t17-,19-,21+,22-,25-/m1/s1. The van der Waals surface area contributed by atoms with Gasteiger partial charge in [-0.25, -0.2) is 19.7 Å². The van der Waals surface area contributed by atoms with Crippen LogP contribution in [-0.4, -0.2) is 85.2 Å². The highest BCUT2D eigenvalue weighted by atomic mass is 16.6. The van der Waals surface area contributed by atoms with Gasteiger partial charge in [0.25, 0.3) is 0 Å². The topological polar surface area (TPSA) is 164 Å². The lowest BCUT2D eigenvalue weighted by atomic mass is 9.87. The predicted octanol–water partition coefficient (Wildman–Crippen LogP) is 2.25. The van der Waals surface area contributed by atoms with Gasteiger partial charge >= 0.3 is 6.03 Å². The molecule has 1 aliphatic rings. The van der Waals surface area contributed by atoms with Gasteiger partial charge in [0.2, 0.25) is 0 Å². The molecule has 1 aromatic carbocycles. The summed E-state index contributed by atoms with van der Waals surface area (Å²) < 4.78 is 7.61. The van der Waals surface area contributed by atoms with E-state index < -0.39 is 24.5 Å². The maximum atomic E-state index is 12.6. The highest BCUT2D eigenvalue weighted by Crippen LogP contribution is 2.32. The minimum Gasteiger partial charge on any atom is -0.387 e. The number of nitrogens with two attached hydrogens (primary N) is 1. The molecule has 3 aromatic rings. The van der Waals surface area contributed by atoms with Crippen molar-refractivity contribution in [2.45, 2.75) is 76.5 Å². The summed E-state index contributed by atoms with van der Waals surface area (Å²) in [7, 11) is 1.92. The third-order valence-corrected chi connectivity index (χ3v) is 7.19. The maximum absolute atomic E-state index is 12.6. The summed E-state index contributed by atoms with van der Waals surface area (Å²) in [5.74, 6) is 0.231. The molecule has 0 saturated carbocycles. The third-order valence-electron chi connectivity index (χ3n) is 7.19. The van der Waals surface area contributed by atoms with Gasteiger partial charge in [-0.2, -0.15) is 0 Å². The number of nitrogens with zero attached hydrogens (tertiary/aromatic N) is 5. The van der Waals surface area contributed by atoms with Crippen LogP contribution in [0.1, 0.15) is 52.3 Å². The molecule has 3 heterocycles. The minimum atomic E-state index is -1.16. The van der Waals surface area contributed by atoms with Crippen molar-refractivity contribution < 1.29 is 19.7 Å². The Morgan fingerprint density at radius 1 is 1.18 bits per heavy atom. The van der Waals surface area contributed by atoms with Crippen LogP contribution in [0.4, 0.5) is 16.3 Å². The van der Waals surface area contributed by atoms with Gasteiger partial charge in [0.05, 0.1) is 6.33 Å². The fourth-order valence-electron chi connectivity index (χ4n) is 4.73. The number of ether oxygens (including phenoxy) is 1. The number of hydrogen-bond donors (Lipinski definition) is 5. The average molecular weight is 541 g/mol. The lowest BCUT2D eigenvalue weighted by Crippen LogP contribution is -2.42. The van der Waals surface area contributed by atoms with E-state index in [1.165, 1.54) is 18.2 Å². The molecule has 2 amide bonds. The number of aromatic nitrogens is 4. The molecule has 1 aliphatic heterocycles. The van der Waals surface area contributed by atoms with Gasteiger partial charge in [0.1, 0.15) is 30.2 Å². The number of anilines is 2. The van der Waals surface area contributed by atoms with Crippen molar-refractivity contribution >= 4 is 28.7 Å². The molecule has 1 fully saturated rings. The number of nitrogens with one attached hydrogen (secondary N) is 2. The number of rotatable bonds is 9. The van der Waals surface area contributed by atoms with Crippen molar-refractivity contribution in [1.29, 1.82) is 0 Å². The summed E-state index contributed by atoms with van der Waals surface area (Å²) in [6.45, 7) is 9.53. The van der Waals surface area contributed by atoms with E-state index in [0.29, 0.717) is 30.7 Å². The van der Waals surface area contributed by atoms with Crippen LogP contribution >= 0.6 is 0 Å². The van der Waals surface area contributed by atoms with E-state index in [9.17, 15) is 15.0 Å². The van der Waals surface area contributed by atoms with Crippen molar-refractivity contribution in [2.24, 2.45) is 0 Å². The van der Waals surface area contributed by atoms with Crippen LogP contribution in [0.5, 0.6) is 0 Å². The first-order valence-electron chi connectivity index (χ1n) is 13.3. The number of aliphatic hydroxyl groups excluding tert-OH is 2. The molecule has 0 unspecified atom stereocenters. The number of nitrogen functional groups attached to an aromatic ring is 1. The number of fused-ring (bicyclic) bond motifs is 1. The molecule has 4 rings (SSSR count). The molecule has 39 heavy (non-hydrogen) atoms. The maximum Gasteiger partial charge on any atom is 0.319 e. The Labute approximate surface area is 228 Å². The number of carbonyl (C=O) groups excluding carboxylic acids is 1. The van der Waals surface area contributed by atoms with Gasteiger partial charge in [-0.05, 0) is 49.5 Å². The van der Waals surface area contributed by atoms with Crippen LogP contribution in [0.25, 0.3) is 11.2 Å². The summed E-state index contributed by atoms with van der Waals surface area (Å²) in [5.41, 5.74) is 8.70. The van der Waals surface area contributed by atoms with Crippen LogP contribution in [0.15, 0.2) is 36.9 Å². The highest BCUT2D eigenvalue weighted by Gasteiger charge is 2.44. The van der Waals surface area contributed by atoms with E-state index >= 15 is 0 Å². The van der Waals surface area contributed by atoms with Crippen LogP contribution in [0.2, 0.25) is 0 Å². The first kappa shape index (κ1) is 28.7. The van der Waals surface area contributed by atoms with Gasteiger partial charge in [-0.1, -0.05) is 39.8 Å². The van der Waals surface area contributed by atoms with Gasteiger partial charge in [0, 0.05) is 18.3 Å². The quantitative estimate of drug-likeness (QED) is 0.274. The minimum absolute atomic E-state index is 0.0310. The second-order valence-electron chi connectivity index (χ2n) is 11.2. The van der Waals surface area contributed by atoms with Crippen molar-refractivity contribution in [2.75, 3.05) is 31.2 Å². The van der Waals surface area contributed by atoms with Crippen molar-refractivity contribution in [3.63, 3.8) is 0 Å². The molecule has 0 bridgehead atoms. The van der Waals surface area contributed by atoms with E-state index in [2.05, 4.69) is 46.4 Å². The summed E-state index contributed by atoms with van der Waals surface area (Å²) in [4.78, 5) is 27.0. The number of hydrogen-bond acceptors (Lipinski definition) is 9. The normalized spacial score (nSPS) is 22.4. The van der Waals surface area contributed by atoms with E-state index in [1.54, 1.807) is 4.57 Å². The molecule has 0 radical (unpaired) electrons. The second kappa shape index (κ2) is 11.8. The number of benzene rings is 1. The Balaban J connectivity index is 1.27. The van der Waals surface area contributed by atoms with Gasteiger partial charge in [-0.3, -0.25) is 4.57 Å². The molecule has 0 spiro atoms. The summed E-state index contributed by atoms with van der Waals surface area (Å²) in [6.07, 6.45) is 0.534. The monoisotopic (exact) mass is 540 g/mol. The predicted molar refractivity (Wildman–Crippen MR) is 149 cm³/mol. The van der Waals surface area contributed by atoms with Crippen molar-refractivity contribution in [3.8, 4) is 0 Å². The van der Waals surface area contributed by atoms with Crippen molar-refractivity contribution in [3.05, 3.63) is 42.5 Å². The van der Waals surface area contributed by atoms with Gasteiger partial charge in [-0.15, -0.1) is 0 Å². The molecular weight excluding hydrogens is 500 g/mol. The fourth-order valence-corrected chi connectivity index (χ4v) is 4.73. The molecule has 1 saturated heterocycles. The van der Waals surface area contributed by atoms with E-state index in [1.807, 2.05) is 43.1 Å². The Bertz CT molecular complexity index is 1260. The molecule has 2 aromatic heterocycles. The van der Waals surface area contributed by atoms with Crippen LogP contribution in [0.3, 0.4) is 0 Å². The zero-order valence-electron chi connectivity index (χ0n) is 23.2. The first-order chi connectivity index (χ1) is 18.5. The highest BCUT2D eigenvalue weighted by molar-refractivity contribution is 5.89. The molecule has 12 nitrogen and oxygen atoms in total. The number of carbonyl (C=O) groups is 1. The number of urea groups is 1. The Morgan fingerprint density at radius 2 is 1.90 bits per heavy atom. The zero-order valence-corrected chi connectivity index (χ0v) is 23.2. The molecular formula is C27H40N8O4. The average Bonchev–Trinajstić information content (AvgIpc) is 3.43. The summed E-state index contributed by atoms with van der Waals surface area (Å²) in [5, 5.41) is 27.3. The molecule has 5 atom stereocenters. The van der Waals surface area contributed by atoms with Gasteiger partial charge < -0.3 is 36.2 Å². The molecule has 0 aliphatic carbocycles. The first-order valence-corrected chi connectivity index (χ1v) is 13.3. The number of likely N-dealkylation sites (N-methyl/N-ethyl adjacent to an activating group) is 1. The summed E-state index contributed by atoms with van der Waals surface area (Å²) in [6, 6.07) is 7.61. The Kier molecular flexibility index (Phi) is 8.70. The molecule has 212 valence electrons. The SMILES string of the molecule is CC[C@H](CCN(C)C[C@H]1O[C@@H](n2cnc3c(N)ncnc32)[C@H](O)[C@H]1O)NC(=O)Nc1ccc(C(C)(C)C)cc1. The zero-order chi connectivity index (χ0) is 28.3. The van der Waals surface area contributed by atoms with E-state index in [4.69, 9.17) is 10.5 Å². The number of amides is 2. The fraction of sp³-hybridized carbons (Fsp3) is 0.556. The largest absolute Gasteiger partial charge is 0.387 e. The van der Waals surface area contributed by atoms with Gasteiger partial charge in [0.15, 0.2) is 17.7 Å². The second-order valence-corrected chi connectivity index (χ2v) is 11.2. The number of imidazole rings is 1. The van der Waals surface area contributed by atoms with E-state index in [0.717, 1.165) is 12.1 Å².